The van der Waals surface area contributed by atoms with Gasteiger partial charge >= 0.3 is 6.18 Å². The van der Waals surface area contributed by atoms with E-state index in [2.05, 4.69) is 20.3 Å². The number of nitrogens with zero attached hydrogens (tertiary/aromatic N) is 6. The number of hydrogen-bond acceptors (Lipinski definition) is 7. The number of benzene rings is 1. The van der Waals surface area contributed by atoms with Gasteiger partial charge in [0.1, 0.15) is 0 Å². The van der Waals surface area contributed by atoms with Crippen LogP contribution in [0.4, 0.5) is 40.4 Å². The molecule has 1 fully saturated rings. The van der Waals surface area contributed by atoms with Crippen molar-refractivity contribution in [3.05, 3.63) is 72.6 Å². The van der Waals surface area contributed by atoms with E-state index in [4.69, 9.17) is 4.74 Å². The fraction of sp³-hybridized carbons (Fsp3) is 0.269. The van der Waals surface area contributed by atoms with Crippen molar-refractivity contribution >= 4 is 22.9 Å². The topological polar surface area (TPSA) is 71.3 Å². The molecule has 38 heavy (non-hydrogen) atoms. The molecule has 5 rings (SSSR count). The predicted molar refractivity (Wildman–Crippen MR) is 137 cm³/mol. The van der Waals surface area contributed by atoms with E-state index in [0.717, 1.165) is 23.9 Å². The van der Waals surface area contributed by atoms with Gasteiger partial charge in [-0.25, -0.2) is 9.37 Å². The SMILES string of the molecule is CN(C)c1cc(Nc2ccc(-c3ccn(-c4ncc(F)c(N5CCOCC5)n4)c3)nc2)cc(C(F)(F)F)c1. The number of hydrogen-bond donors (Lipinski definition) is 1. The maximum atomic E-state index is 14.4. The Morgan fingerprint density at radius 2 is 1.76 bits per heavy atom. The van der Waals surface area contributed by atoms with E-state index in [1.54, 1.807) is 60.4 Å². The number of halogens is 4. The number of alkyl halides is 3. The second-order valence-electron chi connectivity index (χ2n) is 8.97. The van der Waals surface area contributed by atoms with Crippen molar-refractivity contribution in [2.24, 2.45) is 0 Å². The Balaban J connectivity index is 1.34. The summed E-state index contributed by atoms with van der Waals surface area (Å²) in [5.74, 6) is 0.0547. The smallest absolute Gasteiger partial charge is 0.378 e. The van der Waals surface area contributed by atoms with E-state index in [1.165, 1.54) is 0 Å². The number of aromatic nitrogens is 4. The fourth-order valence-corrected chi connectivity index (χ4v) is 4.05. The van der Waals surface area contributed by atoms with E-state index in [9.17, 15) is 17.6 Å². The third kappa shape index (κ3) is 5.54. The van der Waals surface area contributed by atoms with Gasteiger partial charge in [-0.05, 0) is 36.4 Å². The van der Waals surface area contributed by atoms with Crippen LogP contribution in [0.25, 0.3) is 17.2 Å². The molecule has 4 heterocycles. The molecule has 1 aliphatic rings. The lowest BCUT2D eigenvalue weighted by atomic mass is 10.1. The summed E-state index contributed by atoms with van der Waals surface area (Å²) in [5, 5.41) is 3.00. The molecule has 1 aliphatic heterocycles. The molecule has 0 bridgehead atoms. The van der Waals surface area contributed by atoms with Gasteiger partial charge in [0.2, 0.25) is 5.95 Å². The third-order valence-electron chi connectivity index (χ3n) is 6.06. The first-order valence-electron chi connectivity index (χ1n) is 11.8. The lowest BCUT2D eigenvalue weighted by molar-refractivity contribution is -0.137. The Hall–Kier alpha value is -4.19. The van der Waals surface area contributed by atoms with Crippen molar-refractivity contribution < 1.29 is 22.3 Å². The molecule has 0 spiro atoms. The Kier molecular flexibility index (Phi) is 6.89. The molecule has 12 heteroatoms. The van der Waals surface area contributed by atoms with E-state index in [0.29, 0.717) is 55.0 Å². The molecular weight excluding hydrogens is 502 g/mol. The zero-order chi connectivity index (χ0) is 26.9. The number of ether oxygens (including phenoxy) is 1. The minimum Gasteiger partial charge on any atom is -0.378 e. The van der Waals surface area contributed by atoms with E-state index >= 15 is 0 Å². The first-order chi connectivity index (χ1) is 18.2. The number of anilines is 4. The highest BCUT2D eigenvalue weighted by atomic mass is 19.4. The van der Waals surface area contributed by atoms with Crippen LogP contribution in [0.1, 0.15) is 5.56 Å². The van der Waals surface area contributed by atoms with Crippen LogP contribution in [0.3, 0.4) is 0 Å². The molecule has 0 amide bonds. The molecule has 0 atom stereocenters. The zero-order valence-electron chi connectivity index (χ0n) is 20.7. The van der Waals surface area contributed by atoms with Gasteiger partial charge in [0.25, 0.3) is 0 Å². The zero-order valence-corrected chi connectivity index (χ0v) is 20.7. The maximum Gasteiger partial charge on any atom is 0.416 e. The van der Waals surface area contributed by atoms with Crippen LogP contribution < -0.4 is 15.1 Å². The first kappa shape index (κ1) is 25.5. The second-order valence-corrected chi connectivity index (χ2v) is 8.97. The normalized spacial score (nSPS) is 14.0. The highest BCUT2D eigenvalue weighted by Crippen LogP contribution is 2.35. The highest BCUT2D eigenvalue weighted by molar-refractivity contribution is 5.68. The number of pyridine rings is 1. The Morgan fingerprint density at radius 1 is 0.974 bits per heavy atom. The molecule has 1 aromatic carbocycles. The van der Waals surface area contributed by atoms with Crippen molar-refractivity contribution in [2.45, 2.75) is 6.18 Å². The van der Waals surface area contributed by atoms with Gasteiger partial charge < -0.3 is 19.9 Å². The summed E-state index contributed by atoms with van der Waals surface area (Å²) in [6.07, 6.45) is 1.77. The number of morpholine rings is 1. The van der Waals surface area contributed by atoms with Crippen LogP contribution >= 0.6 is 0 Å². The predicted octanol–water partition coefficient (Wildman–Crippen LogP) is 5.13. The van der Waals surface area contributed by atoms with Crippen molar-refractivity contribution in [1.82, 2.24) is 19.5 Å². The van der Waals surface area contributed by atoms with Gasteiger partial charge in [-0.3, -0.25) is 9.55 Å². The monoisotopic (exact) mass is 527 g/mol. The molecule has 0 unspecified atom stereocenters. The molecule has 1 saturated heterocycles. The maximum absolute atomic E-state index is 14.4. The molecule has 3 aromatic heterocycles. The Bertz CT molecular complexity index is 1410. The summed E-state index contributed by atoms with van der Waals surface area (Å²) in [5.41, 5.74) is 1.93. The Morgan fingerprint density at radius 3 is 2.45 bits per heavy atom. The lowest BCUT2D eigenvalue weighted by Gasteiger charge is -2.28. The summed E-state index contributed by atoms with van der Waals surface area (Å²) in [7, 11) is 3.37. The van der Waals surface area contributed by atoms with Crippen molar-refractivity contribution in [3.8, 4) is 17.2 Å². The standard InChI is InChI=1S/C26H25F4N7O/c1-35(2)21-12-18(26(28,29)30)11-20(13-21)33-19-3-4-23(31-14-19)17-5-6-37(16-17)25-32-15-22(27)24(34-25)36-7-9-38-10-8-36/h3-6,11-16,33H,7-10H2,1-2H3. The fourth-order valence-electron chi connectivity index (χ4n) is 4.05. The van der Waals surface area contributed by atoms with Crippen LogP contribution in [0.2, 0.25) is 0 Å². The molecular formula is C26H25F4N7O. The molecule has 0 saturated carbocycles. The first-order valence-corrected chi connectivity index (χ1v) is 11.8. The summed E-state index contributed by atoms with van der Waals surface area (Å²) >= 11 is 0. The summed E-state index contributed by atoms with van der Waals surface area (Å²) < 4.78 is 61.5. The average molecular weight is 528 g/mol. The highest BCUT2D eigenvalue weighted by Gasteiger charge is 2.31. The summed E-state index contributed by atoms with van der Waals surface area (Å²) in [6, 6.07) is 9.12. The van der Waals surface area contributed by atoms with Crippen LogP contribution in [0, 0.1) is 5.82 Å². The number of nitrogens with one attached hydrogen (secondary N) is 1. The molecule has 0 aliphatic carbocycles. The third-order valence-corrected chi connectivity index (χ3v) is 6.06. The molecule has 0 radical (unpaired) electrons. The molecule has 8 nitrogen and oxygen atoms in total. The Labute approximate surface area is 216 Å². The lowest BCUT2D eigenvalue weighted by Crippen LogP contribution is -2.37. The van der Waals surface area contributed by atoms with Crippen LogP contribution in [-0.4, -0.2) is 59.9 Å². The van der Waals surface area contributed by atoms with Crippen molar-refractivity contribution in [3.63, 3.8) is 0 Å². The van der Waals surface area contributed by atoms with E-state index in [1.807, 2.05) is 11.0 Å². The van der Waals surface area contributed by atoms with Gasteiger partial charge in [0.15, 0.2) is 11.6 Å². The molecule has 4 aromatic rings. The van der Waals surface area contributed by atoms with E-state index in [-0.39, 0.29) is 5.82 Å². The van der Waals surface area contributed by atoms with Gasteiger partial charge in [-0.1, -0.05) is 0 Å². The quantitative estimate of drug-likeness (QED) is 0.349. The van der Waals surface area contributed by atoms with Crippen LogP contribution in [-0.2, 0) is 10.9 Å². The van der Waals surface area contributed by atoms with Gasteiger partial charge in [-0.15, -0.1) is 0 Å². The van der Waals surface area contributed by atoms with Crippen LogP contribution in [0.5, 0.6) is 0 Å². The minimum absolute atomic E-state index is 0.231. The van der Waals surface area contributed by atoms with Crippen molar-refractivity contribution in [2.75, 3.05) is 55.5 Å². The van der Waals surface area contributed by atoms with Gasteiger partial charge in [-0.2, -0.15) is 18.2 Å². The minimum atomic E-state index is -4.46. The van der Waals surface area contributed by atoms with Crippen LogP contribution in [0.15, 0.2) is 61.2 Å². The second kappa shape index (κ2) is 10.3. The van der Waals surface area contributed by atoms with Crippen molar-refractivity contribution in [1.29, 1.82) is 0 Å². The number of rotatable bonds is 6. The van der Waals surface area contributed by atoms with Gasteiger partial charge in [0.05, 0.1) is 42.6 Å². The van der Waals surface area contributed by atoms with E-state index < -0.39 is 17.6 Å². The summed E-state index contributed by atoms with van der Waals surface area (Å²) in [6.45, 7) is 2.11. The largest absolute Gasteiger partial charge is 0.416 e. The molecule has 1 N–H and O–H groups in total. The summed E-state index contributed by atoms with van der Waals surface area (Å²) in [4.78, 5) is 16.4. The van der Waals surface area contributed by atoms with Gasteiger partial charge in [0, 0.05) is 56.5 Å². The average Bonchev–Trinajstić information content (AvgIpc) is 3.39. The molecule has 198 valence electrons.